The number of piperidine rings is 1. The minimum atomic E-state index is -0.622. The van der Waals surface area contributed by atoms with E-state index in [4.69, 9.17) is 0 Å². The van der Waals surface area contributed by atoms with Crippen molar-refractivity contribution in [3.63, 3.8) is 0 Å². The molecular formula is C15H19BrFNO. The Balaban J connectivity index is 1.72. The van der Waals surface area contributed by atoms with Gasteiger partial charge in [-0.25, -0.2) is 4.39 Å². The molecule has 2 fully saturated rings. The van der Waals surface area contributed by atoms with Crippen LogP contribution in [0, 0.1) is 5.82 Å². The third kappa shape index (κ3) is 2.86. The minimum Gasteiger partial charge on any atom is -0.389 e. The first-order chi connectivity index (χ1) is 9.06. The third-order valence-corrected chi connectivity index (χ3v) is 5.10. The first kappa shape index (κ1) is 13.5. The zero-order valence-electron chi connectivity index (χ0n) is 10.9. The SMILES string of the molecule is OC1(Cc2ccc(F)c(Br)c2)CCN2CCCC2C1. The van der Waals surface area contributed by atoms with Gasteiger partial charge in [-0.3, -0.25) is 0 Å². The fourth-order valence-corrected chi connectivity index (χ4v) is 3.93. The maximum absolute atomic E-state index is 13.2. The molecule has 2 heterocycles. The molecule has 0 aromatic heterocycles. The summed E-state index contributed by atoms with van der Waals surface area (Å²) in [7, 11) is 0. The first-order valence-electron chi connectivity index (χ1n) is 6.96. The van der Waals surface area contributed by atoms with Crippen LogP contribution in [0.5, 0.6) is 0 Å². The van der Waals surface area contributed by atoms with Gasteiger partial charge in [0.1, 0.15) is 5.82 Å². The number of hydrogen-bond donors (Lipinski definition) is 1. The summed E-state index contributed by atoms with van der Waals surface area (Å²) in [6.45, 7) is 2.17. The lowest BCUT2D eigenvalue weighted by atomic mass is 9.82. The van der Waals surface area contributed by atoms with Crippen LogP contribution in [0.3, 0.4) is 0 Å². The predicted molar refractivity (Wildman–Crippen MR) is 76.6 cm³/mol. The molecule has 1 aromatic rings. The van der Waals surface area contributed by atoms with Crippen LogP contribution < -0.4 is 0 Å². The molecule has 0 saturated carbocycles. The van der Waals surface area contributed by atoms with Crippen molar-refractivity contribution in [3.05, 3.63) is 34.1 Å². The number of rotatable bonds is 2. The summed E-state index contributed by atoms with van der Waals surface area (Å²) >= 11 is 3.21. The molecule has 0 aliphatic carbocycles. The Kier molecular flexibility index (Phi) is 3.67. The first-order valence-corrected chi connectivity index (χ1v) is 7.75. The van der Waals surface area contributed by atoms with Crippen molar-refractivity contribution >= 4 is 15.9 Å². The van der Waals surface area contributed by atoms with Gasteiger partial charge in [-0.15, -0.1) is 0 Å². The van der Waals surface area contributed by atoms with Gasteiger partial charge >= 0.3 is 0 Å². The van der Waals surface area contributed by atoms with Gasteiger partial charge in [0, 0.05) is 19.0 Å². The molecule has 19 heavy (non-hydrogen) atoms. The van der Waals surface area contributed by atoms with E-state index in [9.17, 15) is 9.50 Å². The summed E-state index contributed by atoms with van der Waals surface area (Å²) in [5.41, 5.74) is 0.380. The van der Waals surface area contributed by atoms with Crippen LogP contribution in [0.2, 0.25) is 0 Å². The van der Waals surface area contributed by atoms with Gasteiger partial charge in [-0.05, 0) is 65.9 Å². The lowest BCUT2D eigenvalue weighted by Crippen LogP contribution is -2.48. The molecule has 2 unspecified atom stereocenters. The van der Waals surface area contributed by atoms with E-state index in [2.05, 4.69) is 20.8 Å². The van der Waals surface area contributed by atoms with Gasteiger partial charge in [0.25, 0.3) is 0 Å². The number of hydrogen-bond acceptors (Lipinski definition) is 2. The van der Waals surface area contributed by atoms with Gasteiger partial charge in [0.15, 0.2) is 0 Å². The summed E-state index contributed by atoms with van der Waals surface area (Å²) in [5, 5.41) is 10.8. The zero-order chi connectivity index (χ0) is 13.5. The number of benzene rings is 1. The van der Waals surface area contributed by atoms with Gasteiger partial charge in [0.2, 0.25) is 0 Å². The number of halogens is 2. The van der Waals surface area contributed by atoms with Crippen LogP contribution >= 0.6 is 15.9 Å². The van der Waals surface area contributed by atoms with Gasteiger partial charge in [-0.1, -0.05) is 6.07 Å². The van der Waals surface area contributed by atoms with Crippen LogP contribution in [-0.2, 0) is 6.42 Å². The zero-order valence-corrected chi connectivity index (χ0v) is 12.5. The second-order valence-corrected chi connectivity index (χ2v) is 6.79. The fourth-order valence-electron chi connectivity index (χ4n) is 3.50. The highest BCUT2D eigenvalue weighted by Gasteiger charge is 2.40. The monoisotopic (exact) mass is 327 g/mol. The van der Waals surface area contributed by atoms with Crippen molar-refractivity contribution in [2.75, 3.05) is 13.1 Å². The second-order valence-electron chi connectivity index (χ2n) is 5.94. The Morgan fingerprint density at radius 3 is 3.05 bits per heavy atom. The summed E-state index contributed by atoms with van der Waals surface area (Å²) in [6.07, 6.45) is 4.75. The molecule has 2 nitrogen and oxygen atoms in total. The van der Waals surface area contributed by atoms with E-state index in [1.807, 2.05) is 0 Å². The highest BCUT2D eigenvalue weighted by molar-refractivity contribution is 9.10. The molecule has 2 aliphatic heterocycles. The van der Waals surface area contributed by atoms with Crippen LogP contribution in [0.1, 0.15) is 31.2 Å². The average molecular weight is 328 g/mol. The summed E-state index contributed by atoms with van der Waals surface area (Å²) in [4.78, 5) is 2.50. The Bertz CT molecular complexity index is 481. The predicted octanol–water partition coefficient (Wildman–Crippen LogP) is 3.12. The molecule has 3 rings (SSSR count). The normalized spacial score (nSPS) is 31.4. The van der Waals surface area contributed by atoms with Crippen molar-refractivity contribution in [1.29, 1.82) is 0 Å². The standard InChI is InChI=1S/C15H19BrFNO/c16-13-8-11(3-4-14(13)17)9-15(19)5-7-18-6-1-2-12(18)10-15/h3-4,8,12,19H,1-2,5-7,9-10H2. The quantitative estimate of drug-likeness (QED) is 0.902. The fraction of sp³-hybridized carbons (Fsp3) is 0.600. The highest BCUT2D eigenvalue weighted by Crippen LogP contribution is 2.35. The lowest BCUT2D eigenvalue weighted by Gasteiger charge is -2.41. The topological polar surface area (TPSA) is 23.5 Å². The van der Waals surface area contributed by atoms with Crippen molar-refractivity contribution in [3.8, 4) is 0 Å². The summed E-state index contributed by atoms with van der Waals surface area (Å²) in [6, 6.07) is 5.57. The molecule has 1 aromatic carbocycles. The van der Waals surface area contributed by atoms with Gasteiger partial charge in [-0.2, -0.15) is 0 Å². The lowest BCUT2D eigenvalue weighted by molar-refractivity contribution is -0.0354. The van der Waals surface area contributed by atoms with Crippen LogP contribution in [-0.4, -0.2) is 34.7 Å². The molecule has 2 atom stereocenters. The Labute approximate surface area is 121 Å². The summed E-state index contributed by atoms with van der Waals surface area (Å²) < 4.78 is 13.7. The number of nitrogens with zero attached hydrogens (tertiary/aromatic N) is 1. The van der Waals surface area contributed by atoms with E-state index in [-0.39, 0.29) is 5.82 Å². The van der Waals surface area contributed by atoms with E-state index in [1.54, 1.807) is 12.1 Å². The van der Waals surface area contributed by atoms with E-state index in [0.717, 1.165) is 24.9 Å². The molecule has 2 saturated heterocycles. The van der Waals surface area contributed by atoms with Crippen LogP contribution in [0.25, 0.3) is 0 Å². The molecular weight excluding hydrogens is 309 g/mol. The highest BCUT2D eigenvalue weighted by atomic mass is 79.9. The van der Waals surface area contributed by atoms with E-state index in [1.165, 1.54) is 25.5 Å². The van der Waals surface area contributed by atoms with E-state index >= 15 is 0 Å². The van der Waals surface area contributed by atoms with Crippen LogP contribution in [0.15, 0.2) is 22.7 Å². The van der Waals surface area contributed by atoms with Crippen molar-refractivity contribution < 1.29 is 9.50 Å². The molecule has 0 spiro atoms. The largest absolute Gasteiger partial charge is 0.389 e. The van der Waals surface area contributed by atoms with Gasteiger partial charge in [0.05, 0.1) is 10.1 Å². The Hall–Kier alpha value is -0.450. The van der Waals surface area contributed by atoms with Crippen molar-refractivity contribution in [2.24, 2.45) is 0 Å². The second kappa shape index (κ2) is 5.15. The maximum Gasteiger partial charge on any atom is 0.137 e. The Morgan fingerprint density at radius 2 is 2.26 bits per heavy atom. The molecule has 104 valence electrons. The number of fused-ring (bicyclic) bond motifs is 1. The molecule has 2 aliphatic rings. The smallest absolute Gasteiger partial charge is 0.137 e. The molecule has 0 radical (unpaired) electrons. The molecule has 1 N–H and O–H groups in total. The minimum absolute atomic E-state index is 0.249. The van der Waals surface area contributed by atoms with E-state index in [0.29, 0.717) is 16.9 Å². The Morgan fingerprint density at radius 1 is 1.42 bits per heavy atom. The molecule has 0 bridgehead atoms. The molecule has 0 amide bonds. The molecule has 4 heteroatoms. The van der Waals surface area contributed by atoms with Crippen molar-refractivity contribution in [2.45, 2.75) is 43.7 Å². The number of aliphatic hydroxyl groups is 1. The van der Waals surface area contributed by atoms with E-state index < -0.39 is 5.60 Å². The van der Waals surface area contributed by atoms with Gasteiger partial charge < -0.3 is 10.0 Å². The third-order valence-electron chi connectivity index (χ3n) is 4.50. The van der Waals surface area contributed by atoms with Crippen LogP contribution in [0.4, 0.5) is 4.39 Å². The maximum atomic E-state index is 13.2. The average Bonchev–Trinajstić information content (AvgIpc) is 2.80. The summed E-state index contributed by atoms with van der Waals surface area (Å²) in [5.74, 6) is -0.249. The van der Waals surface area contributed by atoms with Crippen molar-refractivity contribution in [1.82, 2.24) is 4.90 Å².